The molecule has 0 fully saturated rings. The Morgan fingerprint density at radius 3 is 2.12 bits per heavy atom. The lowest BCUT2D eigenvalue weighted by Gasteiger charge is -2.27. The zero-order valence-corrected chi connectivity index (χ0v) is 29.8. The molecule has 50 heavy (non-hydrogen) atoms. The summed E-state index contributed by atoms with van der Waals surface area (Å²) in [5.41, 5.74) is 2.43. The fourth-order valence-corrected chi connectivity index (χ4v) is 5.52. The average Bonchev–Trinajstić information content (AvgIpc) is 3.07. The van der Waals surface area contributed by atoms with E-state index in [1.54, 1.807) is 24.0 Å². The molecule has 11 heteroatoms. The second kappa shape index (κ2) is 20.5. The fraction of sp³-hybridized carbons (Fsp3) is 0.462. The zero-order chi connectivity index (χ0) is 36.6. The molecule has 0 aliphatic carbocycles. The summed E-state index contributed by atoms with van der Waals surface area (Å²) in [6.07, 6.45) is 0.170. The molecule has 0 bridgehead atoms. The highest BCUT2D eigenvalue weighted by Crippen LogP contribution is 2.16. The van der Waals surface area contributed by atoms with E-state index >= 15 is 0 Å². The Bertz CT molecular complexity index is 1510. The molecule has 3 aromatic carbocycles. The van der Waals surface area contributed by atoms with E-state index in [-0.39, 0.29) is 55.0 Å². The molecule has 0 spiro atoms. The van der Waals surface area contributed by atoms with Crippen LogP contribution in [0.25, 0.3) is 0 Å². The van der Waals surface area contributed by atoms with Crippen molar-refractivity contribution >= 4 is 17.7 Å². The molecule has 0 saturated heterocycles. The van der Waals surface area contributed by atoms with E-state index in [9.17, 15) is 28.3 Å². The van der Waals surface area contributed by atoms with E-state index in [4.69, 9.17) is 4.74 Å². The van der Waals surface area contributed by atoms with Crippen molar-refractivity contribution in [2.45, 2.75) is 78.7 Å². The van der Waals surface area contributed by atoms with Crippen LogP contribution >= 0.6 is 0 Å². The third-order valence-corrected chi connectivity index (χ3v) is 7.99. The van der Waals surface area contributed by atoms with Crippen molar-refractivity contribution in [1.82, 2.24) is 20.9 Å². The van der Waals surface area contributed by atoms with Gasteiger partial charge in [0.25, 0.3) is 11.8 Å². The molecule has 3 atom stereocenters. The first kappa shape index (κ1) is 40.2. The molecule has 0 aliphatic rings. The van der Waals surface area contributed by atoms with Crippen LogP contribution in [0.1, 0.15) is 77.9 Å². The third-order valence-electron chi connectivity index (χ3n) is 7.99. The smallest absolute Gasteiger partial charge is 0.253 e. The number of aliphatic hydroxyl groups excluding tert-OH is 1. The number of amides is 3. The molecule has 3 aromatic rings. The number of rotatable bonds is 20. The van der Waals surface area contributed by atoms with Gasteiger partial charge in [-0.15, -0.1) is 0 Å². The van der Waals surface area contributed by atoms with E-state index in [1.807, 2.05) is 58.0 Å². The molecule has 0 radical (unpaired) electrons. The van der Waals surface area contributed by atoms with Gasteiger partial charge in [0.2, 0.25) is 5.91 Å². The van der Waals surface area contributed by atoms with Gasteiger partial charge in [0.1, 0.15) is 17.7 Å². The molecule has 4 N–H and O–H groups in total. The summed E-state index contributed by atoms with van der Waals surface area (Å²) in [5, 5.41) is 20.2. The number of benzene rings is 3. The van der Waals surface area contributed by atoms with Crippen molar-refractivity contribution in [3.05, 3.63) is 106 Å². The lowest BCUT2D eigenvalue weighted by Crippen LogP contribution is -2.54. The van der Waals surface area contributed by atoms with Crippen molar-refractivity contribution < 1.29 is 33.0 Å². The van der Waals surface area contributed by atoms with E-state index in [2.05, 4.69) is 16.0 Å². The standard InChI is InChI=1S/C39H52F2N4O5/c1-6-13-45(14-7-2)39(49)31-16-27(5)15-30(20-31)37(47)44-34(19-29-17-32(40)21-33(41)18-29)36(46)23-42-35(38(48)43-22-26(3)4)25-50-24-28-11-9-8-10-12-28/h8-12,15-18,20-21,26,34-36,42,46H,6-7,13-14,19,22-25H2,1-5H3,(H,43,48)(H,44,47)/t34-,35+,36+/m0/s1. The van der Waals surface area contributed by atoms with Crippen LogP contribution in [0, 0.1) is 24.5 Å². The maximum Gasteiger partial charge on any atom is 0.253 e. The predicted molar refractivity (Wildman–Crippen MR) is 191 cm³/mol. The molecule has 0 unspecified atom stereocenters. The van der Waals surface area contributed by atoms with Crippen LogP contribution in [-0.2, 0) is 22.6 Å². The Kier molecular flexibility index (Phi) is 16.5. The molecule has 3 rings (SSSR count). The Labute approximate surface area is 294 Å². The Morgan fingerprint density at radius 1 is 0.860 bits per heavy atom. The molecule has 9 nitrogen and oxygen atoms in total. The molecule has 0 saturated carbocycles. The van der Waals surface area contributed by atoms with Crippen molar-refractivity contribution in [3.8, 4) is 0 Å². The Hall–Kier alpha value is -4.19. The molecular formula is C39H52F2N4O5. The zero-order valence-electron chi connectivity index (χ0n) is 29.8. The van der Waals surface area contributed by atoms with Gasteiger partial charge < -0.3 is 30.7 Å². The summed E-state index contributed by atoms with van der Waals surface area (Å²) >= 11 is 0. The second-order valence-electron chi connectivity index (χ2n) is 13.1. The molecule has 0 aliphatic heterocycles. The van der Waals surface area contributed by atoms with E-state index in [1.165, 1.54) is 6.07 Å². The second-order valence-corrected chi connectivity index (χ2v) is 13.1. The highest BCUT2D eigenvalue weighted by atomic mass is 19.1. The van der Waals surface area contributed by atoms with Gasteiger partial charge in [0, 0.05) is 43.4 Å². The number of aryl methyl sites for hydroxylation is 1. The van der Waals surface area contributed by atoms with Gasteiger partial charge in [-0.05, 0) is 79.1 Å². The number of ether oxygens (including phenoxy) is 1. The van der Waals surface area contributed by atoms with Crippen molar-refractivity contribution in [1.29, 1.82) is 0 Å². The largest absolute Gasteiger partial charge is 0.390 e. The van der Waals surface area contributed by atoms with E-state index in [0.29, 0.717) is 30.8 Å². The molecule has 0 heterocycles. The third kappa shape index (κ3) is 13.3. The monoisotopic (exact) mass is 694 g/mol. The first-order valence-corrected chi connectivity index (χ1v) is 17.4. The lowest BCUT2D eigenvalue weighted by molar-refractivity contribution is -0.125. The molecular weight excluding hydrogens is 642 g/mol. The van der Waals surface area contributed by atoms with Gasteiger partial charge in [0.05, 0.1) is 25.4 Å². The summed E-state index contributed by atoms with van der Waals surface area (Å²) in [7, 11) is 0. The summed E-state index contributed by atoms with van der Waals surface area (Å²) in [4.78, 5) is 42.0. The number of aliphatic hydroxyl groups is 1. The van der Waals surface area contributed by atoms with Gasteiger partial charge in [0.15, 0.2) is 0 Å². The Balaban J connectivity index is 1.82. The Morgan fingerprint density at radius 2 is 1.50 bits per heavy atom. The van der Waals surface area contributed by atoms with E-state index < -0.39 is 35.7 Å². The van der Waals surface area contributed by atoms with Crippen LogP contribution in [0.15, 0.2) is 66.7 Å². The van der Waals surface area contributed by atoms with E-state index in [0.717, 1.165) is 36.6 Å². The van der Waals surface area contributed by atoms with Gasteiger partial charge in [-0.3, -0.25) is 14.4 Å². The van der Waals surface area contributed by atoms with Crippen LogP contribution in [0.5, 0.6) is 0 Å². The first-order valence-electron chi connectivity index (χ1n) is 17.4. The van der Waals surface area contributed by atoms with Gasteiger partial charge in [-0.1, -0.05) is 58.0 Å². The van der Waals surface area contributed by atoms with Crippen molar-refractivity contribution in [3.63, 3.8) is 0 Å². The van der Waals surface area contributed by atoms with Crippen LogP contribution in [0.2, 0.25) is 0 Å². The topological polar surface area (TPSA) is 120 Å². The number of nitrogens with one attached hydrogen (secondary N) is 3. The normalized spacial score (nSPS) is 13.1. The summed E-state index contributed by atoms with van der Waals surface area (Å²) in [5.74, 6) is -2.44. The quantitative estimate of drug-likeness (QED) is 0.129. The molecule has 272 valence electrons. The van der Waals surface area contributed by atoms with Gasteiger partial charge in [-0.25, -0.2) is 8.78 Å². The summed E-state index contributed by atoms with van der Waals surface area (Å²) < 4.78 is 34.2. The number of halogens is 2. The minimum Gasteiger partial charge on any atom is -0.390 e. The number of hydrogen-bond acceptors (Lipinski definition) is 6. The highest BCUT2D eigenvalue weighted by molar-refractivity contribution is 6.00. The number of nitrogens with zero attached hydrogens (tertiary/aromatic N) is 1. The average molecular weight is 695 g/mol. The van der Waals surface area contributed by atoms with Gasteiger partial charge in [-0.2, -0.15) is 0 Å². The SMILES string of the molecule is CCCN(CCC)C(=O)c1cc(C)cc(C(=O)N[C@@H](Cc2cc(F)cc(F)c2)[C@H](O)CN[C@H](COCc2ccccc2)C(=O)NCC(C)C)c1. The first-order chi connectivity index (χ1) is 23.9. The maximum absolute atomic E-state index is 14.2. The minimum atomic E-state index is -1.30. The lowest BCUT2D eigenvalue weighted by atomic mass is 9.99. The van der Waals surface area contributed by atoms with Crippen LogP contribution in [0.3, 0.4) is 0 Å². The molecule has 0 aromatic heterocycles. The molecule has 3 amide bonds. The predicted octanol–water partition coefficient (Wildman–Crippen LogP) is 5.18. The van der Waals surface area contributed by atoms with Crippen LogP contribution in [0.4, 0.5) is 8.78 Å². The van der Waals surface area contributed by atoms with Gasteiger partial charge >= 0.3 is 0 Å². The number of carbonyl (C=O) groups excluding carboxylic acids is 3. The fourth-order valence-electron chi connectivity index (χ4n) is 5.52. The summed E-state index contributed by atoms with van der Waals surface area (Å²) in [6.45, 7) is 11.5. The van der Waals surface area contributed by atoms with Crippen molar-refractivity contribution in [2.75, 3.05) is 32.8 Å². The van der Waals surface area contributed by atoms with Crippen LogP contribution < -0.4 is 16.0 Å². The number of hydrogen-bond donors (Lipinski definition) is 4. The number of carbonyl (C=O) groups is 3. The summed E-state index contributed by atoms with van der Waals surface area (Å²) in [6, 6.07) is 15.5. The highest BCUT2D eigenvalue weighted by Gasteiger charge is 2.27. The maximum atomic E-state index is 14.2. The van der Waals surface area contributed by atoms with Crippen molar-refractivity contribution in [2.24, 2.45) is 5.92 Å². The van der Waals surface area contributed by atoms with Crippen LogP contribution in [-0.4, -0.2) is 78.7 Å². The minimum absolute atomic E-state index is 0.00482.